The zero-order valence-electron chi connectivity index (χ0n) is 12.6. The molecule has 0 bridgehead atoms. The third kappa shape index (κ3) is 4.79. The number of nitrogens with two attached hydrogens (primary N) is 1. The molecule has 0 saturated carbocycles. The molecule has 2 aromatic carbocycles. The standard InChI is InChI=1S/C17H20N2O3/c1-21-17(20)19(18)12-11-14-7-9-16(10-8-14)22-13-15-5-3-2-4-6-15/h2-10H,11-13,18H2,1H3. The summed E-state index contributed by atoms with van der Waals surface area (Å²) in [5.74, 6) is 6.36. The fraction of sp³-hybridized carbons (Fsp3) is 0.235. The minimum atomic E-state index is -0.539. The van der Waals surface area contributed by atoms with Crippen LogP contribution in [0.25, 0.3) is 0 Å². The number of hydrogen-bond acceptors (Lipinski definition) is 4. The van der Waals surface area contributed by atoms with E-state index in [0.29, 0.717) is 19.6 Å². The number of methoxy groups -OCH3 is 1. The Labute approximate surface area is 130 Å². The van der Waals surface area contributed by atoms with E-state index in [9.17, 15) is 4.79 Å². The Bertz CT molecular complexity index is 585. The molecular weight excluding hydrogens is 280 g/mol. The zero-order chi connectivity index (χ0) is 15.8. The van der Waals surface area contributed by atoms with Gasteiger partial charge in [0.15, 0.2) is 0 Å². The summed E-state index contributed by atoms with van der Waals surface area (Å²) in [6.07, 6.45) is 0.118. The van der Waals surface area contributed by atoms with Crippen molar-refractivity contribution in [2.45, 2.75) is 13.0 Å². The van der Waals surface area contributed by atoms with Gasteiger partial charge in [0.25, 0.3) is 0 Å². The Morgan fingerprint density at radius 1 is 1.05 bits per heavy atom. The third-order valence-electron chi connectivity index (χ3n) is 3.22. The van der Waals surface area contributed by atoms with Gasteiger partial charge >= 0.3 is 6.09 Å². The van der Waals surface area contributed by atoms with E-state index in [0.717, 1.165) is 21.9 Å². The van der Waals surface area contributed by atoms with Gasteiger partial charge in [-0.15, -0.1) is 0 Å². The van der Waals surface area contributed by atoms with Gasteiger partial charge in [-0.1, -0.05) is 42.5 Å². The van der Waals surface area contributed by atoms with Crippen LogP contribution in [0.15, 0.2) is 54.6 Å². The second-order valence-corrected chi connectivity index (χ2v) is 4.83. The first-order valence-electron chi connectivity index (χ1n) is 7.05. The Balaban J connectivity index is 1.81. The van der Waals surface area contributed by atoms with Crippen molar-refractivity contribution in [2.75, 3.05) is 13.7 Å². The molecule has 2 rings (SSSR count). The van der Waals surface area contributed by atoms with Crippen molar-refractivity contribution in [1.29, 1.82) is 0 Å². The summed E-state index contributed by atoms with van der Waals surface area (Å²) in [6, 6.07) is 17.8. The molecule has 0 atom stereocenters. The highest BCUT2D eigenvalue weighted by molar-refractivity contribution is 5.66. The van der Waals surface area contributed by atoms with Gasteiger partial charge < -0.3 is 9.47 Å². The molecule has 0 saturated heterocycles. The van der Waals surface area contributed by atoms with Gasteiger partial charge in [-0.25, -0.2) is 15.6 Å². The summed E-state index contributed by atoms with van der Waals surface area (Å²) in [5.41, 5.74) is 2.20. The van der Waals surface area contributed by atoms with Crippen LogP contribution in [0.1, 0.15) is 11.1 Å². The average Bonchev–Trinajstić information content (AvgIpc) is 2.59. The molecule has 0 aliphatic carbocycles. The van der Waals surface area contributed by atoms with Crippen LogP contribution in [0.3, 0.4) is 0 Å². The SMILES string of the molecule is COC(=O)N(N)CCc1ccc(OCc2ccccc2)cc1. The topological polar surface area (TPSA) is 64.8 Å². The Kier molecular flexibility index (Phi) is 5.80. The van der Waals surface area contributed by atoms with Crippen LogP contribution in [0.5, 0.6) is 5.75 Å². The second kappa shape index (κ2) is 8.05. The normalized spacial score (nSPS) is 10.1. The number of carbonyl (C=O) groups is 1. The summed E-state index contributed by atoms with van der Waals surface area (Å²) < 4.78 is 10.3. The van der Waals surface area contributed by atoms with Crippen molar-refractivity contribution in [2.24, 2.45) is 5.84 Å². The van der Waals surface area contributed by atoms with Crippen molar-refractivity contribution in [1.82, 2.24) is 5.01 Å². The van der Waals surface area contributed by atoms with Crippen LogP contribution in [-0.2, 0) is 17.8 Å². The van der Waals surface area contributed by atoms with Crippen molar-refractivity contribution >= 4 is 6.09 Å². The molecule has 2 aromatic rings. The first-order chi connectivity index (χ1) is 10.7. The van der Waals surface area contributed by atoms with E-state index in [2.05, 4.69) is 4.74 Å². The number of ether oxygens (including phenoxy) is 2. The Morgan fingerprint density at radius 3 is 2.36 bits per heavy atom. The molecule has 5 heteroatoms. The van der Waals surface area contributed by atoms with Crippen LogP contribution in [0.4, 0.5) is 4.79 Å². The minimum Gasteiger partial charge on any atom is -0.489 e. The first kappa shape index (κ1) is 15.9. The van der Waals surface area contributed by atoms with Crippen LogP contribution in [0.2, 0.25) is 0 Å². The fourth-order valence-electron chi connectivity index (χ4n) is 1.95. The average molecular weight is 300 g/mol. The first-order valence-corrected chi connectivity index (χ1v) is 7.05. The lowest BCUT2D eigenvalue weighted by Gasteiger charge is -2.14. The Hall–Kier alpha value is -2.53. The number of rotatable bonds is 6. The van der Waals surface area contributed by atoms with Gasteiger partial charge in [0, 0.05) is 6.54 Å². The molecule has 0 spiro atoms. The summed E-state index contributed by atoms with van der Waals surface area (Å²) >= 11 is 0. The maximum Gasteiger partial charge on any atom is 0.423 e. The van der Waals surface area contributed by atoms with E-state index < -0.39 is 6.09 Å². The number of amides is 1. The summed E-state index contributed by atoms with van der Waals surface area (Å²) in [6.45, 7) is 0.940. The van der Waals surface area contributed by atoms with Crippen molar-refractivity contribution in [3.63, 3.8) is 0 Å². The lowest BCUT2D eigenvalue weighted by molar-refractivity contribution is 0.124. The lowest BCUT2D eigenvalue weighted by Crippen LogP contribution is -2.38. The highest BCUT2D eigenvalue weighted by Gasteiger charge is 2.08. The van der Waals surface area contributed by atoms with E-state index in [-0.39, 0.29) is 0 Å². The molecule has 22 heavy (non-hydrogen) atoms. The van der Waals surface area contributed by atoms with E-state index in [1.165, 1.54) is 7.11 Å². The second-order valence-electron chi connectivity index (χ2n) is 4.83. The van der Waals surface area contributed by atoms with Crippen molar-refractivity contribution < 1.29 is 14.3 Å². The summed E-state index contributed by atoms with van der Waals surface area (Å²) in [5, 5.41) is 1.06. The van der Waals surface area contributed by atoms with Crippen LogP contribution in [0, 0.1) is 0 Å². The highest BCUT2D eigenvalue weighted by atomic mass is 16.5. The van der Waals surface area contributed by atoms with Gasteiger partial charge in [0.1, 0.15) is 12.4 Å². The largest absolute Gasteiger partial charge is 0.489 e. The van der Waals surface area contributed by atoms with Gasteiger partial charge in [0.05, 0.1) is 7.11 Å². The van der Waals surface area contributed by atoms with E-state index in [1.807, 2.05) is 54.6 Å². The molecule has 2 N–H and O–H groups in total. The predicted molar refractivity (Wildman–Crippen MR) is 84.2 cm³/mol. The molecule has 0 fully saturated rings. The quantitative estimate of drug-likeness (QED) is 0.506. The molecule has 0 radical (unpaired) electrons. The number of nitrogens with zero attached hydrogens (tertiary/aromatic N) is 1. The summed E-state index contributed by atoms with van der Waals surface area (Å²) in [7, 11) is 1.31. The predicted octanol–water partition coefficient (Wildman–Crippen LogP) is 2.75. The zero-order valence-corrected chi connectivity index (χ0v) is 12.6. The van der Waals surface area contributed by atoms with Crippen LogP contribution < -0.4 is 10.6 Å². The molecule has 1 amide bonds. The Morgan fingerprint density at radius 2 is 1.73 bits per heavy atom. The maximum absolute atomic E-state index is 11.2. The highest BCUT2D eigenvalue weighted by Crippen LogP contribution is 2.14. The van der Waals surface area contributed by atoms with E-state index in [1.54, 1.807) is 0 Å². The van der Waals surface area contributed by atoms with Crippen molar-refractivity contribution in [3.05, 3.63) is 65.7 Å². The fourth-order valence-corrected chi connectivity index (χ4v) is 1.95. The number of hydrazine groups is 1. The minimum absolute atomic E-state index is 0.400. The molecular formula is C17H20N2O3. The molecule has 0 aliphatic heterocycles. The molecule has 0 aliphatic rings. The van der Waals surface area contributed by atoms with E-state index in [4.69, 9.17) is 10.6 Å². The molecule has 0 unspecified atom stereocenters. The number of hydrogen-bond donors (Lipinski definition) is 1. The van der Waals surface area contributed by atoms with Crippen LogP contribution >= 0.6 is 0 Å². The van der Waals surface area contributed by atoms with Gasteiger partial charge in [0.2, 0.25) is 0 Å². The monoisotopic (exact) mass is 300 g/mol. The van der Waals surface area contributed by atoms with Gasteiger partial charge in [-0.05, 0) is 29.7 Å². The van der Waals surface area contributed by atoms with Crippen molar-refractivity contribution in [3.8, 4) is 5.75 Å². The lowest BCUT2D eigenvalue weighted by atomic mass is 10.1. The molecule has 116 valence electrons. The van der Waals surface area contributed by atoms with Gasteiger partial charge in [-0.3, -0.25) is 0 Å². The smallest absolute Gasteiger partial charge is 0.423 e. The van der Waals surface area contributed by atoms with Gasteiger partial charge in [-0.2, -0.15) is 0 Å². The molecule has 5 nitrogen and oxygen atoms in total. The summed E-state index contributed by atoms with van der Waals surface area (Å²) in [4.78, 5) is 11.2. The maximum atomic E-state index is 11.2. The molecule has 0 aromatic heterocycles. The number of carbonyl (C=O) groups excluding carboxylic acids is 1. The number of benzene rings is 2. The van der Waals surface area contributed by atoms with E-state index >= 15 is 0 Å². The van der Waals surface area contributed by atoms with Crippen LogP contribution in [-0.4, -0.2) is 24.8 Å². The molecule has 0 heterocycles. The third-order valence-corrected chi connectivity index (χ3v) is 3.22.